The molecule has 21 heavy (non-hydrogen) atoms. The van der Waals surface area contributed by atoms with E-state index in [9.17, 15) is 18.0 Å². The van der Waals surface area contributed by atoms with Gasteiger partial charge in [0.1, 0.15) is 0 Å². The summed E-state index contributed by atoms with van der Waals surface area (Å²) in [6.45, 7) is 1.32. The van der Waals surface area contributed by atoms with Gasteiger partial charge in [0.15, 0.2) is 0 Å². The summed E-state index contributed by atoms with van der Waals surface area (Å²) in [5, 5.41) is 11.1. The second-order valence-corrected chi connectivity index (χ2v) is 6.28. The maximum absolute atomic E-state index is 11.8. The maximum atomic E-state index is 11.8. The summed E-state index contributed by atoms with van der Waals surface area (Å²) in [7, 11) is -3.72. The lowest BCUT2D eigenvalue weighted by Gasteiger charge is -2.09. The van der Waals surface area contributed by atoms with E-state index < -0.39 is 34.4 Å². The lowest BCUT2D eigenvalue weighted by molar-refractivity contribution is -0.141. The van der Waals surface area contributed by atoms with Crippen LogP contribution in [0.5, 0.6) is 0 Å². The lowest BCUT2D eigenvalue weighted by Crippen LogP contribution is -2.37. The molecule has 0 aliphatic carbocycles. The molecule has 1 amide bonds. The van der Waals surface area contributed by atoms with Gasteiger partial charge in [-0.1, -0.05) is 25.1 Å². The molecule has 0 aliphatic rings. The molecule has 116 valence electrons. The smallest absolute Gasteiger partial charge is 0.306 e. The Morgan fingerprint density at radius 1 is 1.24 bits per heavy atom. The van der Waals surface area contributed by atoms with E-state index in [1.54, 1.807) is 18.2 Å². The van der Waals surface area contributed by atoms with E-state index in [1.165, 1.54) is 19.1 Å². The van der Waals surface area contributed by atoms with Gasteiger partial charge in [0.25, 0.3) is 0 Å². The van der Waals surface area contributed by atoms with Crippen LogP contribution in [0.25, 0.3) is 0 Å². The largest absolute Gasteiger partial charge is 0.481 e. The summed E-state index contributed by atoms with van der Waals surface area (Å²) in [5.74, 6) is -2.01. The first-order chi connectivity index (χ1) is 9.83. The molecular weight excluding hydrogens is 296 g/mol. The highest BCUT2D eigenvalue weighted by molar-refractivity contribution is 7.89. The number of carboxylic acid groups (broad SMARTS) is 1. The molecule has 0 fully saturated rings. The van der Waals surface area contributed by atoms with E-state index in [0.717, 1.165) is 0 Å². The summed E-state index contributed by atoms with van der Waals surface area (Å²) < 4.78 is 25.9. The Balaban J connectivity index is 2.38. The van der Waals surface area contributed by atoms with Gasteiger partial charge in [0.2, 0.25) is 15.9 Å². The van der Waals surface area contributed by atoms with Crippen LogP contribution in [-0.2, 0) is 19.6 Å². The third-order valence-electron chi connectivity index (χ3n) is 2.80. The molecular formula is C13H18N2O5S. The standard InChI is InChI=1S/C13H18N2O5S/c1-10(13(17)18)7-8-14-12(16)9-15-21(19,20)11-5-3-2-4-6-11/h2-6,10,15H,7-9H2,1H3,(H,14,16)(H,17,18). The molecule has 1 atom stereocenters. The van der Waals surface area contributed by atoms with Crippen LogP contribution in [0.15, 0.2) is 35.2 Å². The average Bonchev–Trinajstić information content (AvgIpc) is 2.46. The molecule has 0 aromatic heterocycles. The summed E-state index contributed by atoms with van der Waals surface area (Å²) in [4.78, 5) is 22.2. The highest BCUT2D eigenvalue weighted by Crippen LogP contribution is 2.06. The topological polar surface area (TPSA) is 113 Å². The van der Waals surface area contributed by atoms with E-state index in [4.69, 9.17) is 5.11 Å². The average molecular weight is 314 g/mol. The number of carbonyl (C=O) groups is 2. The van der Waals surface area contributed by atoms with Crippen LogP contribution in [0, 0.1) is 5.92 Å². The molecule has 1 unspecified atom stereocenters. The summed E-state index contributed by atoms with van der Waals surface area (Å²) in [6.07, 6.45) is 0.284. The molecule has 7 nitrogen and oxygen atoms in total. The van der Waals surface area contributed by atoms with Crippen molar-refractivity contribution in [1.29, 1.82) is 0 Å². The minimum absolute atomic E-state index is 0.0808. The zero-order chi connectivity index (χ0) is 15.9. The number of aliphatic carboxylic acids is 1. The normalized spacial score (nSPS) is 12.6. The second-order valence-electron chi connectivity index (χ2n) is 4.52. The van der Waals surface area contributed by atoms with Crippen LogP contribution in [0.3, 0.4) is 0 Å². The first-order valence-corrected chi connectivity index (χ1v) is 7.85. The predicted octanol–water partition coefficient (Wildman–Crippen LogP) is 0.192. The minimum Gasteiger partial charge on any atom is -0.481 e. The van der Waals surface area contributed by atoms with Crippen molar-refractivity contribution in [3.8, 4) is 0 Å². The van der Waals surface area contributed by atoms with Gasteiger partial charge < -0.3 is 10.4 Å². The van der Waals surface area contributed by atoms with Crippen molar-refractivity contribution in [2.24, 2.45) is 5.92 Å². The first-order valence-electron chi connectivity index (χ1n) is 6.37. The number of hydrogen-bond acceptors (Lipinski definition) is 4. The second kappa shape index (κ2) is 7.75. The van der Waals surface area contributed by atoms with E-state index in [1.807, 2.05) is 0 Å². The molecule has 0 aliphatic heterocycles. The van der Waals surface area contributed by atoms with Gasteiger partial charge in [-0.05, 0) is 18.6 Å². The summed E-state index contributed by atoms with van der Waals surface area (Å²) in [5.41, 5.74) is 0. The molecule has 0 bridgehead atoms. The summed E-state index contributed by atoms with van der Waals surface area (Å²) >= 11 is 0. The van der Waals surface area contributed by atoms with E-state index >= 15 is 0 Å². The zero-order valence-corrected chi connectivity index (χ0v) is 12.4. The number of hydrogen-bond donors (Lipinski definition) is 3. The van der Waals surface area contributed by atoms with Gasteiger partial charge in [-0.15, -0.1) is 0 Å². The molecule has 8 heteroatoms. The number of nitrogens with one attached hydrogen (secondary N) is 2. The van der Waals surface area contributed by atoms with E-state index in [-0.39, 0.29) is 17.9 Å². The summed E-state index contributed by atoms with van der Waals surface area (Å²) in [6, 6.07) is 7.71. The van der Waals surface area contributed by atoms with Crippen molar-refractivity contribution in [2.45, 2.75) is 18.2 Å². The van der Waals surface area contributed by atoms with Crippen molar-refractivity contribution in [3.63, 3.8) is 0 Å². The van der Waals surface area contributed by atoms with Crippen LogP contribution in [0.2, 0.25) is 0 Å². The molecule has 1 rings (SSSR count). The van der Waals surface area contributed by atoms with Crippen LogP contribution in [0.1, 0.15) is 13.3 Å². The van der Waals surface area contributed by atoms with Crippen LogP contribution >= 0.6 is 0 Å². The van der Waals surface area contributed by atoms with Crippen molar-refractivity contribution < 1.29 is 23.1 Å². The molecule has 3 N–H and O–H groups in total. The van der Waals surface area contributed by atoms with Gasteiger partial charge in [-0.25, -0.2) is 13.1 Å². The Hall–Kier alpha value is -1.93. The molecule has 0 spiro atoms. The molecule has 1 aromatic rings. The Morgan fingerprint density at radius 2 is 1.86 bits per heavy atom. The van der Waals surface area contributed by atoms with Crippen molar-refractivity contribution in [2.75, 3.05) is 13.1 Å². The van der Waals surface area contributed by atoms with Gasteiger partial charge >= 0.3 is 5.97 Å². The maximum Gasteiger partial charge on any atom is 0.306 e. The van der Waals surface area contributed by atoms with Gasteiger partial charge in [-0.2, -0.15) is 0 Å². The van der Waals surface area contributed by atoms with Gasteiger partial charge in [-0.3, -0.25) is 9.59 Å². The number of sulfonamides is 1. The monoisotopic (exact) mass is 314 g/mol. The Morgan fingerprint density at radius 3 is 2.43 bits per heavy atom. The minimum atomic E-state index is -3.72. The fourth-order valence-electron chi connectivity index (χ4n) is 1.46. The van der Waals surface area contributed by atoms with Crippen molar-refractivity contribution in [3.05, 3.63) is 30.3 Å². The molecule has 0 saturated carbocycles. The highest BCUT2D eigenvalue weighted by Gasteiger charge is 2.15. The lowest BCUT2D eigenvalue weighted by atomic mass is 10.1. The molecule has 0 heterocycles. The first kappa shape index (κ1) is 17.1. The highest BCUT2D eigenvalue weighted by atomic mass is 32.2. The number of rotatable bonds is 8. The SMILES string of the molecule is CC(CCNC(=O)CNS(=O)(=O)c1ccccc1)C(=O)O. The Labute approximate surface area is 123 Å². The fourth-order valence-corrected chi connectivity index (χ4v) is 2.46. The number of carboxylic acids is 1. The van der Waals surface area contributed by atoms with E-state index in [2.05, 4.69) is 10.0 Å². The molecule has 0 saturated heterocycles. The number of carbonyl (C=O) groups excluding carboxylic acids is 1. The Bertz CT molecular complexity index is 586. The van der Waals surface area contributed by atoms with Gasteiger partial charge in [0.05, 0.1) is 17.4 Å². The third kappa shape index (κ3) is 5.92. The predicted molar refractivity (Wildman–Crippen MR) is 76.1 cm³/mol. The van der Waals surface area contributed by atoms with Gasteiger partial charge in [0, 0.05) is 6.54 Å². The quantitative estimate of drug-likeness (QED) is 0.634. The molecule has 1 aromatic carbocycles. The zero-order valence-electron chi connectivity index (χ0n) is 11.6. The number of benzene rings is 1. The van der Waals surface area contributed by atoms with Crippen molar-refractivity contribution in [1.82, 2.24) is 10.0 Å². The van der Waals surface area contributed by atoms with Crippen LogP contribution in [-0.4, -0.2) is 38.5 Å². The third-order valence-corrected chi connectivity index (χ3v) is 4.21. The van der Waals surface area contributed by atoms with Crippen molar-refractivity contribution >= 4 is 21.9 Å². The van der Waals surface area contributed by atoms with E-state index in [0.29, 0.717) is 0 Å². The van der Waals surface area contributed by atoms with Crippen LogP contribution in [0.4, 0.5) is 0 Å². The number of amides is 1. The molecule has 0 radical (unpaired) electrons. The fraction of sp³-hybridized carbons (Fsp3) is 0.385. The van der Waals surface area contributed by atoms with Crippen LogP contribution < -0.4 is 10.0 Å². The Kier molecular flexibility index (Phi) is 6.32.